The molecule has 0 fully saturated rings. The Morgan fingerprint density at radius 2 is 2.26 bits per heavy atom. The minimum atomic E-state index is -0.920. The molecule has 0 radical (unpaired) electrons. The Morgan fingerprint density at radius 3 is 3.00 bits per heavy atom. The van der Waals surface area contributed by atoms with Crippen LogP contribution < -0.4 is 5.32 Å². The number of amides is 1. The summed E-state index contributed by atoms with van der Waals surface area (Å²) in [6, 6.07) is 9.13. The summed E-state index contributed by atoms with van der Waals surface area (Å²) in [5.41, 5.74) is 2.79. The highest BCUT2D eigenvalue weighted by Gasteiger charge is 2.13. The van der Waals surface area contributed by atoms with Gasteiger partial charge in [0.25, 0.3) is 5.91 Å². The average molecular weight is 346 g/mol. The molecule has 1 amide bonds. The lowest BCUT2D eigenvalue weighted by molar-refractivity contribution is 0.102. The Morgan fingerprint density at radius 1 is 1.39 bits per heavy atom. The van der Waals surface area contributed by atoms with Crippen molar-refractivity contribution in [2.45, 2.75) is 5.75 Å². The first-order valence-electron chi connectivity index (χ1n) is 6.80. The van der Waals surface area contributed by atoms with Crippen LogP contribution in [0.1, 0.15) is 16.1 Å². The maximum atomic E-state index is 12.3. The summed E-state index contributed by atoms with van der Waals surface area (Å²) in [6.45, 7) is 0. The quantitative estimate of drug-likeness (QED) is 0.767. The number of anilines is 1. The van der Waals surface area contributed by atoms with Crippen LogP contribution in [0.5, 0.6) is 0 Å². The second kappa shape index (κ2) is 6.89. The zero-order valence-electron chi connectivity index (χ0n) is 12.3. The lowest BCUT2D eigenvalue weighted by Gasteiger charge is -2.05. The third-order valence-corrected chi connectivity index (χ3v) is 4.69. The highest BCUT2D eigenvalue weighted by molar-refractivity contribution is 7.83. The van der Waals surface area contributed by atoms with Crippen LogP contribution in [-0.2, 0) is 16.6 Å². The highest BCUT2D eigenvalue weighted by atomic mass is 32.2. The van der Waals surface area contributed by atoms with Gasteiger partial charge in [-0.2, -0.15) is 0 Å². The molecule has 23 heavy (non-hydrogen) atoms. The third kappa shape index (κ3) is 3.94. The van der Waals surface area contributed by atoms with Crippen LogP contribution in [0.2, 0.25) is 0 Å². The van der Waals surface area contributed by atoms with Crippen LogP contribution in [0.15, 0.2) is 52.7 Å². The van der Waals surface area contributed by atoms with Crippen molar-refractivity contribution in [3.8, 4) is 10.6 Å². The first-order valence-corrected chi connectivity index (χ1v) is 9.41. The number of carbonyl (C=O) groups is 1. The number of hydrogen-bond donors (Lipinski definition) is 1. The molecule has 3 rings (SSSR count). The van der Waals surface area contributed by atoms with Gasteiger partial charge in [-0.15, -0.1) is 11.3 Å². The molecule has 5 nitrogen and oxygen atoms in total. The molecular weight excluding hydrogens is 332 g/mol. The van der Waals surface area contributed by atoms with Crippen molar-refractivity contribution < 1.29 is 13.4 Å². The largest absolute Gasteiger partial charge is 0.472 e. The van der Waals surface area contributed by atoms with E-state index in [4.69, 9.17) is 4.42 Å². The maximum Gasteiger partial charge on any atom is 0.275 e. The van der Waals surface area contributed by atoms with Crippen LogP contribution in [0.25, 0.3) is 10.6 Å². The minimum Gasteiger partial charge on any atom is -0.472 e. The number of aromatic nitrogens is 1. The van der Waals surface area contributed by atoms with E-state index in [1.807, 2.05) is 18.2 Å². The van der Waals surface area contributed by atoms with E-state index >= 15 is 0 Å². The Balaban J connectivity index is 1.73. The van der Waals surface area contributed by atoms with Crippen molar-refractivity contribution >= 4 is 33.7 Å². The Hall–Kier alpha value is -2.25. The lowest BCUT2D eigenvalue weighted by atomic mass is 10.2. The first kappa shape index (κ1) is 15.6. The summed E-state index contributed by atoms with van der Waals surface area (Å²) >= 11 is 1.39. The molecule has 118 valence electrons. The molecule has 0 bridgehead atoms. The Labute approximate surface area is 139 Å². The SMILES string of the molecule is C[S@@](=O)Cc1cccc(NC(=O)c2csc(-c3ccoc3)n2)c1. The molecule has 0 aliphatic rings. The van der Waals surface area contributed by atoms with E-state index in [0.29, 0.717) is 17.1 Å². The van der Waals surface area contributed by atoms with Crippen molar-refractivity contribution in [3.05, 3.63) is 59.5 Å². The minimum absolute atomic E-state index is 0.272. The second-order valence-electron chi connectivity index (χ2n) is 4.92. The van der Waals surface area contributed by atoms with Crippen LogP contribution in [0, 0.1) is 0 Å². The van der Waals surface area contributed by atoms with E-state index in [0.717, 1.165) is 16.1 Å². The molecule has 1 aromatic carbocycles. The number of nitrogens with zero attached hydrogens (tertiary/aromatic N) is 1. The van der Waals surface area contributed by atoms with Crippen LogP contribution >= 0.6 is 11.3 Å². The van der Waals surface area contributed by atoms with Crippen LogP contribution in [0.3, 0.4) is 0 Å². The van der Waals surface area contributed by atoms with Crippen molar-refractivity contribution in [1.82, 2.24) is 4.98 Å². The number of hydrogen-bond acceptors (Lipinski definition) is 5. The number of thiazole rings is 1. The zero-order chi connectivity index (χ0) is 16.2. The summed E-state index contributed by atoms with van der Waals surface area (Å²) in [6.07, 6.45) is 4.81. The highest BCUT2D eigenvalue weighted by Crippen LogP contribution is 2.24. The fraction of sp³-hybridized carbons (Fsp3) is 0.125. The van der Waals surface area contributed by atoms with Gasteiger partial charge in [0.2, 0.25) is 0 Å². The standard InChI is InChI=1S/C16H14N2O3S2/c1-23(20)10-11-3-2-4-13(7-11)17-15(19)14-9-22-16(18-14)12-5-6-21-8-12/h2-9H,10H2,1H3,(H,17,19)/t23-/m1/s1. The topological polar surface area (TPSA) is 72.2 Å². The van der Waals surface area contributed by atoms with Gasteiger partial charge in [-0.3, -0.25) is 9.00 Å². The summed E-state index contributed by atoms with van der Waals surface area (Å²) in [5, 5.41) is 5.26. The van der Waals surface area contributed by atoms with Gasteiger partial charge in [0.05, 0.1) is 6.26 Å². The molecule has 1 N–H and O–H groups in total. The van der Waals surface area contributed by atoms with E-state index in [1.165, 1.54) is 11.3 Å². The second-order valence-corrected chi connectivity index (χ2v) is 7.22. The lowest BCUT2D eigenvalue weighted by Crippen LogP contribution is -2.12. The van der Waals surface area contributed by atoms with E-state index in [1.54, 1.807) is 36.3 Å². The van der Waals surface area contributed by atoms with Crippen molar-refractivity contribution in [1.29, 1.82) is 0 Å². The summed E-state index contributed by atoms with van der Waals surface area (Å²) in [5.74, 6) is 0.191. The number of rotatable bonds is 5. The van der Waals surface area contributed by atoms with E-state index in [2.05, 4.69) is 10.3 Å². The fourth-order valence-corrected chi connectivity index (χ4v) is 3.50. The Kier molecular flexibility index (Phi) is 4.68. The predicted molar refractivity (Wildman–Crippen MR) is 92.0 cm³/mol. The van der Waals surface area contributed by atoms with E-state index in [9.17, 15) is 9.00 Å². The van der Waals surface area contributed by atoms with Crippen molar-refractivity contribution in [2.24, 2.45) is 0 Å². The molecule has 0 spiro atoms. The summed E-state index contributed by atoms with van der Waals surface area (Å²) in [4.78, 5) is 16.6. The van der Waals surface area contributed by atoms with Crippen molar-refractivity contribution in [2.75, 3.05) is 11.6 Å². The van der Waals surface area contributed by atoms with Crippen LogP contribution in [-0.4, -0.2) is 21.4 Å². The van der Waals surface area contributed by atoms with Gasteiger partial charge < -0.3 is 9.73 Å². The molecule has 0 saturated heterocycles. The maximum absolute atomic E-state index is 12.3. The van der Waals surface area contributed by atoms with Crippen molar-refractivity contribution in [3.63, 3.8) is 0 Å². The summed E-state index contributed by atoms with van der Waals surface area (Å²) < 4.78 is 16.3. The molecule has 0 aliphatic carbocycles. The van der Waals surface area contributed by atoms with Crippen LogP contribution in [0.4, 0.5) is 5.69 Å². The third-order valence-electron chi connectivity index (χ3n) is 3.06. The molecule has 3 aromatic rings. The molecule has 2 aromatic heterocycles. The smallest absolute Gasteiger partial charge is 0.275 e. The van der Waals surface area contributed by atoms with Gasteiger partial charge in [-0.1, -0.05) is 12.1 Å². The Bertz CT molecular complexity index is 841. The van der Waals surface area contributed by atoms with Gasteiger partial charge in [0.1, 0.15) is 17.0 Å². The molecule has 0 saturated carbocycles. The molecule has 7 heteroatoms. The van der Waals surface area contributed by atoms with Gasteiger partial charge in [-0.05, 0) is 23.8 Å². The average Bonchev–Trinajstić information content (AvgIpc) is 3.18. The zero-order valence-corrected chi connectivity index (χ0v) is 13.9. The van der Waals surface area contributed by atoms with E-state index < -0.39 is 10.8 Å². The molecule has 0 unspecified atom stereocenters. The first-order chi connectivity index (χ1) is 11.1. The van der Waals surface area contributed by atoms with E-state index in [-0.39, 0.29) is 5.91 Å². The fourth-order valence-electron chi connectivity index (χ4n) is 2.07. The molecule has 1 atom stereocenters. The predicted octanol–water partition coefficient (Wildman–Crippen LogP) is 3.53. The monoisotopic (exact) mass is 346 g/mol. The van der Waals surface area contributed by atoms with Gasteiger partial charge in [0, 0.05) is 39.4 Å². The molecule has 2 heterocycles. The number of carbonyl (C=O) groups excluding carboxylic acids is 1. The number of nitrogens with one attached hydrogen (secondary N) is 1. The number of furan rings is 1. The number of benzene rings is 1. The van der Waals surface area contributed by atoms with Gasteiger partial charge >= 0.3 is 0 Å². The normalized spacial score (nSPS) is 12.0. The molecular formula is C16H14N2O3S2. The van der Waals surface area contributed by atoms with Gasteiger partial charge in [0.15, 0.2) is 0 Å². The molecule has 0 aliphatic heterocycles. The van der Waals surface area contributed by atoms with Gasteiger partial charge in [-0.25, -0.2) is 4.98 Å². The summed E-state index contributed by atoms with van der Waals surface area (Å²) in [7, 11) is -0.920.